The molecule has 3 aliphatic carbocycles. The molecule has 7 atom stereocenters. The minimum atomic E-state index is 0.684. The van der Waals surface area contributed by atoms with Gasteiger partial charge in [0.05, 0.1) is 26.2 Å². The number of fused-ring (bicyclic) bond motifs is 2. The SMILES string of the molecule is CCC1C2CCC(C1CN(C)C(C)C)C1C[N+](C)(C(C)C)CC21. The molecule has 2 bridgehead atoms. The van der Waals surface area contributed by atoms with E-state index < -0.39 is 0 Å². The molecule has 7 unspecified atom stereocenters. The van der Waals surface area contributed by atoms with Gasteiger partial charge < -0.3 is 9.38 Å². The molecule has 0 amide bonds. The van der Waals surface area contributed by atoms with Gasteiger partial charge in [-0.05, 0) is 71.3 Å². The van der Waals surface area contributed by atoms with Crippen LogP contribution in [0, 0.1) is 35.5 Å². The molecule has 1 aliphatic heterocycles. The van der Waals surface area contributed by atoms with Crippen molar-refractivity contribution < 1.29 is 4.48 Å². The van der Waals surface area contributed by atoms with Crippen molar-refractivity contribution in [1.82, 2.24) is 4.90 Å². The summed E-state index contributed by atoms with van der Waals surface area (Å²) in [5, 5.41) is 0. The van der Waals surface area contributed by atoms with Crippen molar-refractivity contribution >= 4 is 0 Å². The average Bonchev–Trinajstić information content (AvgIpc) is 2.87. The van der Waals surface area contributed by atoms with Gasteiger partial charge in [0.2, 0.25) is 0 Å². The van der Waals surface area contributed by atoms with E-state index in [1.165, 1.54) is 43.4 Å². The lowest BCUT2D eigenvalue weighted by Gasteiger charge is -2.54. The summed E-state index contributed by atoms with van der Waals surface area (Å²) in [4.78, 5) is 2.62. The largest absolute Gasteiger partial charge is 0.324 e. The maximum Gasteiger partial charge on any atom is 0.0831 e. The molecule has 0 aromatic heterocycles. The van der Waals surface area contributed by atoms with Gasteiger partial charge in [-0.3, -0.25) is 0 Å². The lowest BCUT2D eigenvalue weighted by Crippen LogP contribution is -2.53. The van der Waals surface area contributed by atoms with Crippen LogP contribution in [0.5, 0.6) is 0 Å². The van der Waals surface area contributed by atoms with E-state index in [9.17, 15) is 0 Å². The average molecular weight is 322 g/mol. The van der Waals surface area contributed by atoms with Crippen LogP contribution in [0.1, 0.15) is 53.9 Å². The predicted molar refractivity (Wildman–Crippen MR) is 99.3 cm³/mol. The van der Waals surface area contributed by atoms with Crippen LogP contribution in [-0.4, -0.2) is 55.2 Å². The molecule has 0 aromatic carbocycles. The summed E-state index contributed by atoms with van der Waals surface area (Å²) in [6.07, 6.45) is 4.47. The van der Waals surface area contributed by atoms with Gasteiger partial charge in [-0.25, -0.2) is 0 Å². The maximum atomic E-state index is 2.62. The third-order valence-corrected chi connectivity index (χ3v) is 8.49. The normalized spacial score (nSPS) is 46.2. The lowest BCUT2D eigenvalue weighted by molar-refractivity contribution is -0.921. The molecule has 3 saturated carbocycles. The number of rotatable bonds is 5. The number of likely N-dealkylation sites (tertiary alicyclic amines) is 1. The van der Waals surface area contributed by atoms with Gasteiger partial charge >= 0.3 is 0 Å². The zero-order valence-corrected chi connectivity index (χ0v) is 16.8. The molecule has 1 saturated heterocycles. The Labute approximate surface area is 145 Å². The molecule has 4 rings (SSSR count). The molecule has 0 radical (unpaired) electrons. The number of hydrogen-bond acceptors (Lipinski definition) is 1. The smallest absolute Gasteiger partial charge is 0.0831 e. The van der Waals surface area contributed by atoms with Crippen molar-refractivity contribution in [3.63, 3.8) is 0 Å². The van der Waals surface area contributed by atoms with Crippen LogP contribution < -0.4 is 0 Å². The van der Waals surface area contributed by atoms with E-state index in [-0.39, 0.29) is 0 Å². The second-order valence-electron chi connectivity index (χ2n) is 9.94. The fraction of sp³-hybridized carbons (Fsp3) is 1.00. The number of nitrogens with zero attached hydrogens (tertiary/aromatic N) is 2. The third-order valence-electron chi connectivity index (χ3n) is 8.49. The van der Waals surface area contributed by atoms with Gasteiger partial charge in [0.15, 0.2) is 0 Å². The monoisotopic (exact) mass is 321 g/mol. The fourth-order valence-corrected chi connectivity index (χ4v) is 6.57. The molecular formula is C21H41N2+. The van der Waals surface area contributed by atoms with E-state index in [2.05, 4.69) is 53.6 Å². The summed E-state index contributed by atoms with van der Waals surface area (Å²) in [5.74, 6) is 6.05. The molecule has 2 heteroatoms. The Morgan fingerprint density at radius 2 is 1.43 bits per heavy atom. The van der Waals surface area contributed by atoms with Gasteiger partial charge in [0, 0.05) is 24.4 Å². The predicted octanol–water partition coefficient (Wildman–Crippen LogP) is 4.11. The summed E-state index contributed by atoms with van der Waals surface area (Å²) < 4.78 is 1.34. The second kappa shape index (κ2) is 6.33. The summed E-state index contributed by atoms with van der Waals surface area (Å²) in [5.41, 5.74) is 0. The van der Waals surface area contributed by atoms with Gasteiger partial charge in [-0.2, -0.15) is 0 Å². The molecule has 0 aromatic rings. The first-order chi connectivity index (χ1) is 10.8. The van der Waals surface area contributed by atoms with Crippen molar-refractivity contribution in [2.45, 2.75) is 66.0 Å². The van der Waals surface area contributed by atoms with E-state index in [0.717, 1.165) is 41.5 Å². The Morgan fingerprint density at radius 1 is 0.913 bits per heavy atom. The minimum absolute atomic E-state index is 0.684. The first-order valence-corrected chi connectivity index (χ1v) is 10.3. The topological polar surface area (TPSA) is 3.24 Å². The molecule has 1 heterocycles. The number of hydrogen-bond donors (Lipinski definition) is 0. The summed E-state index contributed by atoms with van der Waals surface area (Å²) in [6.45, 7) is 16.3. The van der Waals surface area contributed by atoms with Crippen LogP contribution in [0.15, 0.2) is 0 Å². The molecule has 23 heavy (non-hydrogen) atoms. The Hall–Kier alpha value is -0.0800. The van der Waals surface area contributed by atoms with Crippen LogP contribution in [0.3, 0.4) is 0 Å². The van der Waals surface area contributed by atoms with Crippen molar-refractivity contribution in [2.75, 3.05) is 33.7 Å². The second-order valence-corrected chi connectivity index (χ2v) is 9.94. The molecule has 2 nitrogen and oxygen atoms in total. The van der Waals surface area contributed by atoms with Crippen molar-refractivity contribution in [1.29, 1.82) is 0 Å². The van der Waals surface area contributed by atoms with E-state index in [1.807, 2.05) is 0 Å². The van der Waals surface area contributed by atoms with Crippen LogP contribution in [-0.2, 0) is 0 Å². The zero-order valence-electron chi connectivity index (χ0n) is 16.8. The van der Waals surface area contributed by atoms with Crippen molar-refractivity contribution in [2.24, 2.45) is 35.5 Å². The maximum absolute atomic E-state index is 2.62. The summed E-state index contributed by atoms with van der Waals surface area (Å²) in [6, 6.07) is 1.47. The fourth-order valence-electron chi connectivity index (χ4n) is 6.57. The van der Waals surface area contributed by atoms with Crippen molar-refractivity contribution in [3.05, 3.63) is 0 Å². The van der Waals surface area contributed by atoms with Crippen LogP contribution in [0.4, 0.5) is 0 Å². The van der Waals surface area contributed by atoms with Gasteiger partial charge in [0.1, 0.15) is 0 Å². The van der Waals surface area contributed by atoms with Crippen molar-refractivity contribution in [3.8, 4) is 0 Å². The first-order valence-electron chi connectivity index (χ1n) is 10.3. The van der Waals surface area contributed by atoms with Crippen LogP contribution in [0.25, 0.3) is 0 Å². The Balaban J connectivity index is 1.83. The van der Waals surface area contributed by atoms with Gasteiger partial charge in [-0.15, -0.1) is 0 Å². The van der Waals surface area contributed by atoms with E-state index in [0.29, 0.717) is 6.04 Å². The van der Waals surface area contributed by atoms with Gasteiger partial charge in [-0.1, -0.05) is 13.3 Å². The van der Waals surface area contributed by atoms with Crippen LogP contribution >= 0.6 is 0 Å². The first kappa shape index (κ1) is 17.7. The standard InChI is InChI=1S/C21H41N2/c1-8-16-17-9-10-18(19(16)11-22(6)14(2)3)21-13-23(7,15(4)5)12-20(17)21/h14-21H,8-13H2,1-7H3/q+1. The summed E-state index contributed by atoms with van der Waals surface area (Å²) >= 11 is 0. The van der Waals surface area contributed by atoms with E-state index >= 15 is 0 Å². The minimum Gasteiger partial charge on any atom is -0.324 e. The Bertz CT molecular complexity index is 418. The molecule has 0 N–H and O–H groups in total. The highest BCUT2D eigenvalue weighted by molar-refractivity contribution is 5.03. The van der Waals surface area contributed by atoms with E-state index in [4.69, 9.17) is 0 Å². The summed E-state index contributed by atoms with van der Waals surface area (Å²) in [7, 11) is 4.89. The highest BCUT2D eigenvalue weighted by Gasteiger charge is 2.60. The Kier molecular flexibility index (Phi) is 4.88. The molecular weight excluding hydrogens is 280 g/mol. The van der Waals surface area contributed by atoms with E-state index in [1.54, 1.807) is 0 Å². The molecule has 134 valence electrons. The molecule has 4 fully saturated rings. The lowest BCUT2D eigenvalue weighted by atomic mass is 9.50. The zero-order chi connectivity index (χ0) is 16.9. The van der Waals surface area contributed by atoms with Gasteiger partial charge in [0.25, 0.3) is 0 Å². The number of quaternary nitrogens is 1. The van der Waals surface area contributed by atoms with Crippen LogP contribution in [0.2, 0.25) is 0 Å². The Morgan fingerprint density at radius 3 is 1.87 bits per heavy atom. The molecule has 0 spiro atoms. The highest BCUT2D eigenvalue weighted by Crippen LogP contribution is 2.59. The highest BCUT2D eigenvalue weighted by atomic mass is 15.4. The molecule has 4 aliphatic rings. The third kappa shape index (κ3) is 2.88. The quantitative estimate of drug-likeness (QED) is 0.689.